The van der Waals surface area contributed by atoms with Gasteiger partial charge < -0.3 is 0 Å². The molecular weight excluding hydrogens is 224 g/mol. The monoisotopic (exact) mass is 238 g/mol. The maximum Gasteiger partial charge on any atom is 0.236 e. The number of aliphatic imine (C=N–C) groups is 1. The Morgan fingerprint density at radius 1 is 1.17 bits per heavy atom. The Balaban J connectivity index is 2.10. The molecule has 1 aromatic rings. The Hall–Kier alpha value is -1.91. The summed E-state index contributed by atoms with van der Waals surface area (Å²) in [7, 11) is 0. The SMILES string of the molecule is N#CC1(N=C=O)C2CCC1Cc1ccccc1C2. The molecule has 0 heterocycles. The second kappa shape index (κ2) is 4.08. The predicted molar refractivity (Wildman–Crippen MR) is 66.5 cm³/mol. The van der Waals surface area contributed by atoms with E-state index in [4.69, 9.17) is 0 Å². The summed E-state index contributed by atoms with van der Waals surface area (Å²) in [5.74, 6) is 0.329. The Kier molecular flexibility index (Phi) is 2.54. The smallest absolute Gasteiger partial charge is 0.211 e. The summed E-state index contributed by atoms with van der Waals surface area (Å²) < 4.78 is 0. The topological polar surface area (TPSA) is 53.2 Å². The lowest BCUT2D eigenvalue weighted by Crippen LogP contribution is -2.36. The minimum atomic E-state index is -0.833. The molecule has 2 atom stereocenters. The highest BCUT2D eigenvalue weighted by Gasteiger charge is 2.52. The minimum absolute atomic E-state index is 0.164. The standard InChI is InChI=1S/C15H14N2O/c16-9-15(17-10-18)13-5-6-14(15)8-12-4-2-1-3-11(12)7-13/h1-4,13-14H,5-8H2. The van der Waals surface area contributed by atoms with Crippen LogP contribution in [0.1, 0.15) is 24.0 Å². The number of isocyanates is 1. The van der Waals surface area contributed by atoms with Crippen LogP contribution in [0.5, 0.6) is 0 Å². The average Bonchev–Trinajstić information content (AvgIpc) is 2.63. The summed E-state index contributed by atoms with van der Waals surface area (Å²) in [5, 5.41) is 9.53. The molecule has 0 saturated heterocycles. The molecule has 0 aromatic heterocycles. The van der Waals surface area contributed by atoms with Gasteiger partial charge in [-0.15, -0.1) is 0 Å². The van der Waals surface area contributed by atoms with Crippen molar-refractivity contribution in [3.63, 3.8) is 0 Å². The fourth-order valence-electron chi connectivity index (χ4n) is 3.64. The second-order valence-corrected chi connectivity index (χ2v) is 5.29. The van der Waals surface area contributed by atoms with Gasteiger partial charge in [0.15, 0.2) is 5.54 Å². The zero-order chi connectivity index (χ0) is 12.6. The van der Waals surface area contributed by atoms with Gasteiger partial charge in [-0.3, -0.25) is 0 Å². The van der Waals surface area contributed by atoms with Crippen molar-refractivity contribution in [3.8, 4) is 6.07 Å². The molecule has 1 saturated carbocycles. The molecule has 18 heavy (non-hydrogen) atoms. The van der Waals surface area contributed by atoms with Crippen molar-refractivity contribution in [2.24, 2.45) is 16.8 Å². The Morgan fingerprint density at radius 2 is 1.72 bits per heavy atom. The van der Waals surface area contributed by atoms with E-state index in [-0.39, 0.29) is 11.8 Å². The van der Waals surface area contributed by atoms with Crippen molar-refractivity contribution >= 4 is 6.08 Å². The van der Waals surface area contributed by atoms with E-state index in [1.165, 1.54) is 11.1 Å². The van der Waals surface area contributed by atoms with E-state index < -0.39 is 5.54 Å². The van der Waals surface area contributed by atoms with Gasteiger partial charge in [-0.25, -0.2) is 4.79 Å². The Morgan fingerprint density at radius 3 is 2.17 bits per heavy atom. The molecule has 2 aliphatic carbocycles. The molecule has 0 spiro atoms. The van der Waals surface area contributed by atoms with Gasteiger partial charge in [0.1, 0.15) is 0 Å². The molecule has 2 unspecified atom stereocenters. The first kappa shape index (κ1) is 11.2. The molecule has 2 bridgehead atoms. The van der Waals surface area contributed by atoms with E-state index in [2.05, 4.69) is 23.2 Å². The summed E-state index contributed by atoms with van der Waals surface area (Å²) in [6.07, 6.45) is 5.31. The van der Waals surface area contributed by atoms with Gasteiger partial charge in [-0.2, -0.15) is 10.3 Å². The van der Waals surface area contributed by atoms with Crippen molar-refractivity contribution in [1.29, 1.82) is 5.26 Å². The highest BCUT2D eigenvalue weighted by atomic mass is 16.1. The van der Waals surface area contributed by atoms with Crippen LogP contribution in [0.3, 0.4) is 0 Å². The molecule has 3 nitrogen and oxygen atoms in total. The number of hydrogen-bond acceptors (Lipinski definition) is 3. The molecule has 90 valence electrons. The lowest BCUT2D eigenvalue weighted by molar-refractivity contribution is 0.330. The second-order valence-electron chi connectivity index (χ2n) is 5.29. The number of benzene rings is 1. The maximum atomic E-state index is 10.7. The van der Waals surface area contributed by atoms with Crippen molar-refractivity contribution in [2.75, 3.05) is 0 Å². The van der Waals surface area contributed by atoms with Crippen LogP contribution < -0.4 is 0 Å². The van der Waals surface area contributed by atoms with Gasteiger partial charge in [-0.05, 0) is 36.8 Å². The zero-order valence-electron chi connectivity index (χ0n) is 10.1. The van der Waals surface area contributed by atoms with Crippen LogP contribution >= 0.6 is 0 Å². The van der Waals surface area contributed by atoms with Gasteiger partial charge in [0, 0.05) is 11.8 Å². The Bertz CT molecular complexity index is 533. The Labute approximate surface area is 106 Å². The number of carbonyl (C=O) groups excluding carboxylic acids is 1. The van der Waals surface area contributed by atoms with Crippen LogP contribution in [0.25, 0.3) is 0 Å². The molecule has 3 heteroatoms. The van der Waals surface area contributed by atoms with Gasteiger partial charge in [0.25, 0.3) is 0 Å². The van der Waals surface area contributed by atoms with Crippen molar-refractivity contribution in [1.82, 2.24) is 0 Å². The highest BCUT2D eigenvalue weighted by Crippen LogP contribution is 2.48. The van der Waals surface area contributed by atoms with Crippen molar-refractivity contribution in [2.45, 2.75) is 31.2 Å². The lowest BCUT2D eigenvalue weighted by Gasteiger charge is -2.25. The maximum absolute atomic E-state index is 10.7. The summed E-state index contributed by atoms with van der Waals surface area (Å²) >= 11 is 0. The van der Waals surface area contributed by atoms with Crippen LogP contribution in [-0.2, 0) is 17.6 Å². The van der Waals surface area contributed by atoms with E-state index in [0.29, 0.717) is 0 Å². The van der Waals surface area contributed by atoms with E-state index in [1.54, 1.807) is 6.08 Å². The quantitative estimate of drug-likeness (QED) is 0.557. The first-order valence-electron chi connectivity index (χ1n) is 6.37. The summed E-state index contributed by atoms with van der Waals surface area (Å²) in [6, 6.07) is 10.7. The largest absolute Gasteiger partial charge is 0.236 e. The highest BCUT2D eigenvalue weighted by molar-refractivity contribution is 5.41. The molecular formula is C15H14N2O. The normalized spacial score (nSPS) is 32.8. The number of nitriles is 1. The summed E-state index contributed by atoms with van der Waals surface area (Å²) in [5.41, 5.74) is 1.79. The number of rotatable bonds is 1. The molecule has 1 aromatic carbocycles. The van der Waals surface area contributed by atoms with Gasteiger partial charge in [0.05, 0.1) is 6.07 Å². The third kappa shape index (κ3) is 1.43. The lowest BCUT2D eigenvalue weighted by atomic mass is 9.81. The third-order valence-corrected chi connectivity index (χ3v) is 4.57. The number of nitrogens with zero attached hydrogens (tertiary/aromatic N) is 2. The van der Waals surface area contributed by atoms with E-state index in [1.807, 2.05) is 12.1 Å². The molecule has 3 rings (SSSR count). The van der Waals surface area contributed by atoms with Gasteiger partial charge in [-0.1, -0.05) is 24.3 Å². The first-order chi connectivity index (χ1) is 8.80. The zero-order valence-corrected chi connectivity index (χ0v) is 10.1. The number of fused-ring (bicyclic) bond motifs is 3. The average molecular weight is 238 g/mol. The van der Waals surface area contributed by atoms with E-state index in [0.717, 1.165) is 25.7 Å². The fourth-order valence-corrected chi connectivity index (χ4v) is 3.64. The van der Waals surface area contributed by atoms with Gasteiger partial charge >= 0.3 is 0 Å². The van der Waals surface area contributed by atoms with Crippen LogP contribution in [0.2, 0.25) is 0 Å². The molecule has 0 N–H and O–H groups in total. The predicted octanol–water partition coefficient (Wildman–Crippen LogP) is 2.41. The minimum Gasteiger partial charge on any atom is -0.211 e. The molecule has 0 radical (unpaired) electrons. The molecule has 1 fully saturated rings. The van der Waals surface area contributed by atoms with Crippen LogP contribution in [0.4, 0.5) is 0 Å². The number of hydrogen-bond donors (Lipinski definition) is 0. The van der Waals surface area contributed by atoms with Gasteiger partial charge in [0.2, 0.25) is 6.08 Å². The molecule has 0 amide bonds. The van der Waals surface area contributed by atoms with Crippen LogP contribution in [0, 0.1) is 23.2 Å². The van der Waals surface area contributed by atoms with Crippen LogP contribution in [0.15, 0.2) is 29.3 Å². The van der Waals surface area contributed by atoms with E-state index in [9.17, 15) is 10.1 Å². The summed E-state index contributed by atoms with van der Waals surface area (Å²) in [4.78, 5) is 14.6. The fraction of sp³-hybridized carbons (Fsp3) is 0.467. The summed E-state index contributed by atoms with van der Waals surface area (Å²) in [6.45, 7) is 0. The molecule has 0 aliphatic heterocycles. The third-order valence-electron chi connectivity index (χ3n) is 4.57. The van der Waals surface area contributed by atoms with Crippen molar-refractivity contribution in [3.05, 3.63) is 35.4 Å². The van der Waals surface area contributed by atoms with E-state index >= 15 is 0 Å². The van der Waals surface area contributed by atoms with Crippen molar-refractivity contribution < 1.29 is 4.79 Å². The first-order valence-corrected chi connectivity index (χ1v) is 6.37. The molecule has 2 aliphatic rings. The van der Waals surface area contributed by atoms with Crippen LogP contribution in [-0.4, -0.2) is 11.6 Å².